The first kappa shape index (κ1) is 6.97. The zero-order chi connectivity index (χ0) is 8.55. The Bertz CT molecular complexity index is 408. The van der Waals surface area contributed by atoms with Gasteiger partial charge in [-0.2, -0.15) is 0 Å². The maximum atomic E-state index is 9.29. The zero-order valence-electron chi connectivity index (χ0n) is 6.65. The Morgan fingerprint density at radius 1 is 1.42 bits per heavy atom. The largest absolute Gasteiger partial charge is 0.411 e. The molecule has 4 nitrogen and oxygen atoms in total. The van der Waals surface area contributed by atoms with E-state index in [9.17, 15) is 5.21 Å². The summed E-state index contributed by atoms with van der Waals surface area (Å²) in [5, 5.41) is 17.0. The van der Waals surface area contributed by atoms with Crippen molar-refractivity contribution in [2.24, 2.45) is 0 Å². The number of nitrogens with zero attached hydrogens (tertiary/aromatic N) is 2. The monoisotopic (exact) mass is 163 g/mol. The first-order chi connectivity index (χ1) is 5.83. The molecule has 0 bridgehead atoms. The number of rotatable bonds is 1. The predicted molar refractivity (Wildman–Crippen MR) is 46.5 cm³/mol. The molecule has 0 unspecified atom stereocenters. The Labute approximate surface area is 69.4 Å². The minimum absolute atomic E-state index is 0.688. The summed E-state index contributed by atoms with van der Waals surface area (Å²) in [6, 6.07) is 7.48. The molecule has 0 radical (unpaired) electrons. The molecule has 1 aromatic heterocycles. The molecule has 4 heteroatoms. The van der Waals surface area contributed by atoms with Crippen LogP contribution in [0.2, 0.25) is 0 Å². The van der Waals surface area contributed by atoms with E-state index >= 15 is 0 Å². The van der Waals surface area contributed by atoms with Gasteiger partial charge >= 0.3 is 0 Å². The lowest BCUT2D eigenvalue weighted by atomic mass is 10.2. The Balaban J connectivity index is 2.82. The van der Waals surface area contributed by atoms with Gasteiger partial charge < -0.3 is 10.5 Å². The Morgan fingerprint density at radius 2 is 2.17 bits per heavy atom. The topological polar surface area (TPSA) is 50.1 Å². The second-order valence-corrected chi connectivity index (χ2v) is 2.51. The third-order valence-electron chi connectivity index (χ3n) is 1.81. The fourth-order valence-electron chi connectivity index (χ4n) is 1.24. The van der Waals surface area contributed by atoms with Crippen LogP contribution in [0.1, 0.15) is 0 Å². The van der Waals surface area contributed by atoms with Crippen molar-refractivity contribution in [2.75, 3.05) is 12.4 Å². The molecule has 1 heterocycles. The maximum Gasteiger partial charge on any atom is 0.159 e. The molecule has 2 rings (SSSR count). The molecule has 0 aliphatic heterocycles. The van der Waals surface area contributed by atoms with Crippen LogP contribution < -0.4 is 5.32 Å². The summed E-state index contributed by atoms with van der Waals surface area (Å²) < 4.78 is 0. The van der Waals surface area contributed by atoms with Crippen LogP contribution in [0.5, 0.6) is 0 Å². The van der Waals surface area contributed by atoms with Crippen molar-refractivity contribution in [3.8, 4) is 0 Å². The second-order valence-electron chi connectivity index (χ2n) is 2.51. The van der Waals surface area contributed by atoms with E-state index in [4.69, 9.17) is 0 Å². The predicted octanol–water partition coefficient (Wildman–Crippen LogP) is 1.32. The number of para-hydroxylation sites is 1. The van der Waals surface area contributed by atoms with E-state index < -0.39 is 0 Å². The highest BCUT2D eigenvalue weighted by Gasteiger charge is 2.05. The molecule has 2 aromatic rings. The SMILES string of the molecule is CNc1nn(O)c2ccccc12. The molecule has 0 saturated carbocycles. The summed E-state index contributed by atoms with van der Waals surface area (Å²) in [6.07, 6.45) is 0. The molecule has 1 aromatic carbocycles. The number of anilines is 1. The molecular weight excluding hydrogens is 154 g/mol. The van der Waals surface area contributed by atoms with Crippen LogP contribution in [0.25, 0.3) is 10.9 Å². The van der Waals surface area contributed by atoms with Crippen LogP contribution in [0.15, 0.2) is 24.3 Å². The number of nitrogens with one attached hydrogen (secondary N) is 1. The lowest BCUT2D eigenvalue weighted by Crippen LogP contribution is -1.93. The highest BCUT2D eigenvalue weighted by molar-refractivity contribution is 5.89. The first-order valence-corrected chi connectivity index (χ1v) is 3.67. The Hall–Kier alpha value is -1.71. The molecule has 0 amide bonds. The van der Waals surface area contributed by atoms with Crippen LogP contribution in [0.3, 0.4) is 0 Å². The van der Waals surface area contributed by atoms with Gasteiger partial charge in [0.25, 0.3) is 0 Å². The van der Waals surface area contributed by atoms with E-state index in [2.05, 4.69) is 10.4 Å². The van der Waals surface area contributed by atoms with Crippen molar-refractivity contribution in [1.82, 2.24) is 9.94 Å². The number of fused-ring (bicyclic) bond motifs is 1. The summed E-state index contributed by atoms with van der Waals surface area (Å²) in [4.78, 5) is 0.876. The number of aromatic nitrogens is 2. The van der Waals surface area contributed by atoms with Crippen molar-refractivity contribution in [3.63, 3.8) is 0 Å². The molecule has 2 N–H and O–H groups in total. The minimum Gasteiger partial charge on any atom is -0.411 e. The third-order valence-corrected chi connectivity index (χ3v) is 1.81. The van der Waals surface area contributed by atoms with Gasteiger partial charge in [0.2, 0.25) is 0 Å². The quantitative estimate of drug-likeness (QED) is 0.623. The lowest BCUT2D eigenvalue weighted by molar-refractivity contribution is 0.162. The Morgan fingerprint density at radius 3 is 2.92 bits per heavy atom. The summed E-state index contributed by atoms with van der Waals surface area (Å²) in [5.41, 5.74) is 0.710. The molecule has 0 fully saturated rings. The van der Waals surface area contributed by atoms with Gasteiger partial charge in [-0.15, -0.1) is 5.10 Å². The molecule has 0 aliphatic rings. The van der Waals surface area contributed by atoms with Crippen LogP contribution in [-0.4, -0.2) is 22.2 Å². The van der Waals surface area contributed by atoms with Gasteiger partial charge in [0.1, 0.15) is 5.52 Å². The van der Waals surface area contributed by atoms with E-state index in [-0.39, 0.29) is 0 Å². The number of hydrogen-bond acceptors (Lipinski definition) is 3. The van der Waals surface area contributed by atoms with Gasteiger partial charge in [-0.1, -0.05) is 17.0 Å². The third kappa shape index (κ3) is 0.812. The average Bonchev–Trinajstić information content (AvgIpc) is 2.44. The fourth-order valence-corrected chi connectivity index (χ4v) is 1.24. The second kappa shape index (κ2) is 2.41. The molecule has 62 valence electrons. The van der Waals surface area contributed by atoms with Crippen LogP contribution in [-0.2, 0) is 0 Å². The number of benzene rings is 1. The Kier molecular flexibility index (Phi) is 1.40. The van der Waals surface area contributed by atoms with Gasteiger partial charge in [-0.05, 0) is 12.1 Å². The standard InChI is InChI=1S/C8H9N3O/c1-9-8-6-4-2-3-5-7(6)11(12)10-8/h2-5,12H,1H3,(H,9,10). The molecule has 12 heavy (non-hydrogen) atoms. The average molecular weight is 163 g/mol. The lowest BCUT2D eigenvalue weighted by Gasteiger charge is -1.90. The van der Waals surface area contributed by atoms with Gasteiger partial charge in [0.05, 0.1) is 0 Å². The fraction of sp³-hybridized carbons (Fsp3) is 0.125. The molecule has 0 saturated heterocycles. The van der Waals surface area contributed by atoms with Gasteiger partial charge in [-0.3, -0.25) is 0 Å². The summed E-state index contributed by atoms with van der Waals surface area (Å²) in [6.45, 7) is 0. The normalized spacial score (nSPS) is 10.4. The van der Waals surface area contributed by atoms with Gasteiger partial charge in [0.15, 0.2) is 5.82 Å². The van der Waals surface area contributed by atoms with E-state index in [0.717, 1.165) is 10.2 Å². The van der Waals surface area contributed by atoms with Gasteiger partial charge in [-0.25, -0.2) is 0 Å². The van der Waals surface area contributed by atoms with Gasteiger partial charge in [0, 0.05) is 12.4 Å². The van der Waals surface area contributed by atoms with Crippen molar-refractivity contribution >= 4 is 16.7 Å². The van der Waals surface area contributed by atoms with Crippen molar-refractivity contribution in [2.45, 2.75) is 0 Å². The zero-order valence-corrected chi connectivity index (χ0v) is 6.65. The maximum absolute atomic E-state index is 9.29. The van der Waals surface area contributed by atoms with E-state index in [0.29, 0.717) is 11.3 Å². The van der Waals surface area contributed by atoms with E-state index in [1.54, 1.807) is 7.05 Å². The highest BCUT2D eigenvalue weighted by atomic mass is 16.5. The number of hydrogen-bond donors (Lipinski definition) is 2. The molecular formula is C8H9N3O. The van der Waals surface area contributed by atoms with Crippen molar-refractivity contribution in [3.05, 3.63) is 24.3 Å². The van der Waals surface area contributed by atoms with E-state index in [1.807, 2.05) is 24.3 Å². The van der Waals surface area contributed by atoms with Crippen LogP contribution >= 0.6 is 0 Å². The minimum atomic E-state index is 0.688. The van der Waals surface area contributed by atoms with E-state index in [1.165, 1.54) is 0 Å². The molecule has 0 spiro atoms. The van der Waals surface area contributed by atoms with Crippen LogP contribution in [0.4, 0.5) is 5.82 Å². The van der Waals surface area contributed by atoms with Crippen molar-refractivity contribution in [1.29, 1.82) is 0 Å². The highest BCUT2D eigenvalue weighted by Crippen LogP contribution is 2.20. The smallest absolute Gasteiger partial charge is 0.159 e. The first-order valence-electron chi connectivity index (χ1n) is 3.67. The summed E-state index contributed by atoms with van der Waals surface area (Å²) in [5.74, 6) is 0.688. The summed E-state index contributed by atoms with van der Waals surface area (Å²) >= 11 is 0. The van der Waals surface area contributed by atoms with Crippen molar-refractivity contribution < 1.29 is 5.21 Å². The molecule has 0 aliphatic carbocycles. The summed E-state index contributed by atoms with van der Waals surface area (Å²) in [7, 11) is 1.77. The molecule has 0 atom stereocenters. The van der Waals surface area contributed by atoms with Crippen LogP contribution in [0, 0.1) is 0 Å².